The van der Waals surface area contributed by atoms with Gasteiger partial charge in [0.05, 0.1) is 11.1 Å². The molecule has 0 saturated heterocycles. The van der Waals surface area contributed by atoms with Crippen molar-refractivity contribution in [3.8, 4) is 0 Å². The van der Waals surface area contributed by atoms with Crippen molar-refractivity contribution >= 4 is 23.2 Å². The van der Waals surface area contributed by atoms with E-state index in [0.29, 0.717) is 47.8 Å². The zero-order valence-corrected chi connectivity index (χ0v) is 14.7. The second kappa shape index (κ2) is 4.92. The van der Waals surface area contributed by atoms with Crippen molar-refractivity contribution in [2.45, 2.75) is 64.9 Å². The number of hydrogen-bond donors (Lipinski definition) is 1. The minimum atomic E-state index is -0.629. The summed E-state index contributed by atoms with van der Waals surface area (Å²) in [5, 5.41) is 11.1. The number of hydrogen-bond acceptors (Lipinski definition) is 3. The molecule has 0 heterocycles. The monoisotopic (exact) mass is 336 g/mol. The molecule has 0 bridgehead atoms. The van der Waals surface area contributed by atoms with Crippen molar-refractivity contribution in [2.24, 2.45) is 28.6 Å². The van der Waals surface area contributed by atoms with Crippen molar-refractivity contribution < 1.29 is 14.7 Å². The molecule has 3 saturated carbocycles. The third-order valence-electron chi connectivity index (χ3n) is 7.76. The summed E-state index contributed by atoms with van der Waals surface area (Å²) < 4.78 is 0. The molecule has 1 N–H and O–H groups in total. The van der Waals surface area contributed by atoms with Gasteiger partial charge in [-0.15, -0.1) is 0 Å². The molecule has 0 aromatic rings. The van der Waals surface area contributed by atoms with Crippen LogP contribution in [0.4, 0.5) is 0 Å². The Kier molecular flexibility index (Phi) is 3.39. The van der Waals surface area contributed by atoms with Crippen LogP contribution in [0.2, 0.25) is 0 Å². The van der Waals surface area contributed by atoms with Crippen molar-refractivity contribution in [3.63, 3.8) is 0 Å². The van der Waals surface area contributed by atoms with Crippen molar-refractivity contribution in [1.29, 1.82) is 0 Å². The molecule has 0 aliphatic heterocycles. The van der Waals surface area contributed by atoms with Crippen LogP contribution < -0.4 is 0 Å². The smallest absolute Gasteiger partial charge is 0.174 e. The summed E-state index contributed by atoms with van der Waals surface area (Å²) in [4.78, 5) is 24.4. The molecule has 4 rings (SSSR count). The van der Waals surface area contributed by atoms with E-state index in [1.165, 1.54) is 0 Å². The number of rotatable bonds is 0. The molecule has 4 aliphatic rings. The Labute approximate surface area is 142 Å². The van der Waals surface area contributed by atoms with Crippen LogP contribution in [0.15, 0.2) is 10.6 Å². The fraction of sp³-hybridized carbons (Fsp3) is 0.789. The van der Waals surface area contributed by atoms with Crippen LogP contribution in [0.1, 0.15) is 58.8 Å². The van der Waals surface area contributed by atoms with Crippen LogP contribution in [-0.2, 0) is 9.59 Å². The number of ketones is 2. The Morgan fingerprint density at radius 3 is 2.48 bits per heavy atom. The van der Waals surface area contributed by atoms with Gasteiger partial charge in [-0.3, -0.25) is 9.59 Å². The molecule has 0 unspecified atom stereocenters. The molecule has 3 nitrogen and oxygen atoms in total. The van der Waals surface area contributed by atoms with Gasteiger partial charge in [0.2, 0.25) is 0 Å². The highest BCUT2D eigenvalue weighted by Gasteiger charge is 2.61. The molecule has 126 valence electrons. The van der Waals surface area contributed by atoms with E-state index in [1.54, 1.807) is 0 Å². The van der Waals surface area contributed by atoms with Crippen molar-refractivity contribution in [1.82, 2.24) is 0 Å². The number of carbonyl (C=O) groups excluding carboxylic acids is 2. The highest BCUT2D eigenvalue weighted by atomic mass is 35.5. The van der Waals surface area contributed by atoms with E-state index in [-0.39, 0.29) is 16.6 Å². The Morgan fingerprint density at radius 2 is 1.74 bits per heavy atom. The lowest BCUT2D eigenvalue weighted by atomic mass is 9.47. The predicted molar refractivity (Wildman–Crippen MR) is 87.9 cm³/mol. The first-order valence-corrected chi connectivity index (χ1v) is 9.31. The van der Waals surface area contributed by atoms with E-state index in [0.717, 1.165) is 31.3 Å². The van der Waals surface area contributed by atoms with Gasteiger partial charge < -0.3 is 5.11 Å². The number of Topliss-reactive ketones (excluding diaryl/α,β-unsaturated/α-hetero) is 2. The van der Waals surface area contributed by atoms with Gasteiger partial charge >= 0.3 is 0 Å². The first kappa shape index (κ1) is 15.8. The van der Waals surface area contributed by atoms with Crippen LogP contribution in [0.5, 0.6) is 0 Å². The number of aliphatic hydroxyl groups is 1. The van der Waals surface area contributed by atoms with Gasteiger partial charge in [-0.1, -0.05) is 25.4 Å². The molecule has 0 amide bonds. The largest absolute Gasteiger partial charge is 0.389 e. The van der Waals surface area contributed by atoms with Gasteiger partial charge in [-0.25, -0.2) is 0 Å². The standard InChI is InChI=1S/C19H25ClO3/c1-18-7-5-12-10(11(18)3-4-15(18)23)9-14(22)16-17(20)13(21)6-8-19(12,16)2/h10-12,14,22H,3-9H2,1-2H3/t10-,11-,12-,14+,18-,19+/m0/s1. The van der Waals surface area contributed by atoms with Gasteiger partial charge in [0, 0.05) is 18.3 Å². The molecule has 3 fully saturated rings. The summed E-state index contributed by atoms with van der Waals surface area (Å²) in [6.45, 7) is 4.33. The van der Waals surface area contributed by atoms with E-state index in [4.69, 9.17) is 11.6 Å². The topological polar surface area (TPSA) is 54.4 Å². The lowest BCUT2D eigenvalue weighted by Gasteiger charge is -2.58. The molecule has 4 aliphatic carbocycles. The summed E-state index contributed by atoms with van der Waals surface area (Å²) >= 11 is 6.33. The highest BCUT2D eigenvalue weighted by molar-refractivity contribution is 6.43. The number of halogens is 1. The Morgan fingerprint density at radius 1 is 1.04 bits per heavy atom. The van der Waals surface area contributed by atoms with Gasteiger partial charge in [0.25, 0.3) is 0 Å². The Balaban J connectivity index is 1.78. The first-order chi connectivity index (χ1) is 10.8. The Hall–Kier alpha value is -0.670. The zero-order valence-electron chi connectivity index (χ0n) is 13.9. The maximum Gasteiger partial charge on any atom is 0.174 e. The minimum Gasteiger partial charge on any atom is -0.389 e. The number of aliphatic hydroxyl groups excluding tert-OH is 1. The minimum absolute atomic E-state index is 0.0201. The molecular formula is C19H25ClO3. The summed E-state index contributed by atoms with van der Waals surface area (Å²) in [6.07, 6.45) is 4.91. The average molecular weight is 337 g/mol. The van der Waals surface area contributed by atoms with Crippen LogP contribution in [0.3, 0.4) is 0 Å². The van der Waals surface area contributed by atoms with Crippen LogP contribution in [0, 0.1) is 28.6 Å². The van der Waals surface area contributed by atoms with E-state index in [2.05, 4.69) is 13.8 Å². The molecule has 23 heavy (non-hydrogen) atoms. The van der Waals surface area contributed by atoms with Crippen molar-refractivity contribution in [3.05, 3.63) is 10.6 Å². The second-order valence-electron chi connectivity index (χ2n) is 8.61. The molecule has 0 spiro atoms. The summed E-state index contributed by atoms with van der Waals surface area (Å²) in [5.74, 6) is 1.60. The van der Waals surface area contributed by atoms with Crippen LogP contribution in [0.25, 0.3) is 0 Å². The normalized spacial score (nSPS) is 49.7. The second-order valence-corrected chi connectivity index (χ2v) is 8.99. The molecule has 6 atom stereocenters. The van der Waals surface area contributed by atoms with E-state index >= 15 is 0 Å². The lowest BCUT2D eigenvalue weighted by molar-refractivity contribution is -0.134. The van der Waals surface area contributed by atoms with E-state index < -0.39 is 6.10 Å². The SMILES string of the molecule is C[C@]12CCC(=O)C(Cl)=C1[C@H](O)C[C@@H]1[C@@H]2CC[C@]2(C)C(=O)CC[C@@H]12. The van der Waals surface area contributed by atoms with Crippen LogP contribution in [-0.4, -0.2) is 22.8 Å². The highest BCUT2D eigenvalue weighted by Crippen LogP contribution is 2.65. The lowest BCUT2D eigenvalue weighted by Crippen LogP contribution is -2.54. The van der Waals surface area contributed by atoms with E-state index in [1.807, 2.05) is 0 Å². The average Bonchev–Trinajstić information content (AvgIpc) is 2.79. The summed E-state index contributed by atoms with van der Waals surface area (Å²) in [5.41, 5.74) is 0.428. The number of fused-ring (bicyclic) bond motifs is 5. The fourth-order valence-corrected chi connectivity index (χ4v) is 6.92. The van der Waals surface area contributed by atoms with Gasteiger partial charge in [-0.2, -0.15) is 0 Å². The van der Waals surface area contributed by atoms with Crippen LogP contribution >= 0.6 is 11.6 Å². The molecule has 0 radical (unpaired) electrons. The summed E-state index contributed by atoms with van der Waals surface area (Å²) in [7, 11) is 0. The van der Waals surface area contributed by atoms with Gasteiger partial charge in [0.15, 0.2) is 5.78 Å². The zero-order chi connectivity index (χ0) is 16.6. The van der Waals surface area contributed by atoms with Crippen molar-refractivity contribution in [2.75, 3.05) is 0 Å². The molecule has 0 aromatic carbocycles. The third-order valence-corrected chi connectivity index (χ3v) is 8.18. The Bertz CT molecular complexity index is 624. The van der Waals surface area contributed by atoms with E-state index in [9.17, 15) is 14.7 Å². The van der Waals surface area contributed by atoms with Gasteiger partial charge in [0.1, 0.15) is 5.78 Å². The third kappa shape index (κ3) is 1.93. The molecule has 4 heteroatoms. The fourth-order valence-electron chi connectivity index (χ4n) is 6.48. The first-order valence-electron chi connectivity index (χ1n) is 8.94. The van der Waals surface area contributed by atoms with Gasteiger partial charge in [-0.05, 0) is 60.8 Å². The summed E-state index contributed by atoms with van der Waals surface area (Å²) in [6, 6.07) is 0. The quantitative estimate of drug-likeness (QED) is 0.735. The maximum atomic E-state index is 12.4. The molecular weight excluding hydrogens is 312 g/mol. The predicted octanol–water partition coefficient (Wildman–Crippen LogP) is 3.62. The molecule has 0 aromatic heterocycles. The number of carbonyl (C=O) groups is 2. The maximum absolute atomic E-state index is 12.4.